The molecule has 0 spiro atoms. The van der Waals surface area contributed by atoms with Gasteiger partial charge >= 0.3 is 0 Å². The molecule has 0 bridgehead atoms. The van der Waals surface area contributed by atoms with Crippen molar-refractivity contribution in [2.75, 3.05) is 13.7 Å². The minimum absolute atomic E-state index is 0.139. The SMILES string of the molecule is COC(C)OCCc1ccco1. The molecule has 0 saturated heterocycles. The van der Waals surface area contributed by atoms with Crippen LogP contribution in [0.4, 0.5) is 0 Å². The quantitative estimate of drug-likeness (QED) is 0.632. The summed E-state index contributed by atoms with van der Waals surface area (Å²) < 4.78 is 15.3. The van der Waals surface area contributed by atoms with Gasteiger partial charge in [0.25, 0.3) is 0 Å². The van der Waals surface area contributed by atoms with Crippen LogP contribution in [0.2, 0.25) is 0 Å². The molecule has 12 heavy (non-hydrogen) atoms. The summed E-state index contributed by atoms with van der Waals surface area (Å²) in [6, 6.07) is 3.80. The lowest BCUT2D eigenvalue weighted by Gasteiger charge is -2.09. The molecule has 3 nitrogen and oxygen atoms in total. The number of furan rings is 1. The number of methoxy groups -OCH3 is 1. The minimum Gasteiger partial charge on any atom is -0.469 e. The molecule has 1 unspecified atom stereocenters. The first-order chi connectivity index (χ1) is 5.83. The molecule has 1 atom stereocenters. The average Bonchev–Trinajstić information content (AvgIpc) is 2.57. The van der Waals surface area contributed by atoms with Crippen molar-refractivity contribution in [1.29, 1.82) is 0 Å². The number of hydrogen-bond donors (Lipinski definition) is 0. The van der Waals surface area contributed by atoms with Gasteiger partial charge in [0.05, 0.1) is 12.9 Å². The van der Waals surface area contributed by atoms with Crippen molar-refractivity contribution in [2.24, 2.45) is 0 Å². The molecule has 1 heterocycles. The third-order valence-electron chi connectivity index (χ3n) is 1.61. The molecule has 0 N–H and O–H groups in total. The standard InChI is InChI=1S/C9H14O3/c1-8(10-2)11-7-5-9-4-3-6-12-9/h3-4,6,8H,5,7H2,1-2H3. The summed E-state index contributed by atoms with van der Waals surface area (Å²) in [7, 11) is 1.62. The first kappa shape index (κ1) is 9.29. The van der Waals surface area contributed by atoms with Crippen molar-refractivity contribution in [3.63, 3.8) is 0 Å². The second-order valence-corrected chi connectivity index (χ2v) is 2.50. The highest BCUT2D eigenvalue weighted by Gasteiger charge is 1.99. The first-order valence-electron chi connectivity index (χ1n) is 3.99. The van der Waals surface area contributed by atoms with Crippen LogP contribution in [0.3, 0.4) is 0 Å². The fraction of sp³-hybridized carbons (Fsp3) is 0.556. The fourth-order valence-corrected chi connectivity index (χ4v) is 0.848. The van der Waals surface area contributed by atoms with Gasteiger partial charge in [0.15, 0.2) is 6.29 Å². The van der Waals surface area contributed by atoms with Crippen molar-refractivity contribution in [1.82, 2.24) is 0 Å². The molecular formula is C9H14O3. The maximum Gasteiger partial charge on any atom is 0.154 e. The van der Waals surface area contributed by atoms with Crippen LogP contribution >= 0.6 is 0 Å². The van der Waals surface area contributed by atoms with Crippen LogP contribution in [-0.4, -0.2) is 20.0 Å². The molecule has 1 aromatic heterocycles. The predicted octanol–water partition coefficient (Wildman–Crippen LogP) is 1.83. The summed E-state index contributed by atoms with van der Waals surface area (Å²) in [5.74, 6) is 0.943. The van der Waals surface area contributed by atoms with Gasteiger partial charge in [-0.05, 0) is 19.1 Å². The van der Waals surface area contributed by atoms with E-state index in [4.69, 9.17) is 13.9 Å². The van der Waals surface area contributed by atoms with Crippen molar-refractivity contribution in [3.8, 4) is 0 Å². The van der Waals surface area contributed by atoms with E-state index in [1.54, 1.807) is 13.4 Å². The third-order valence-corrected chi connectivity index (χ3v) is 1.61. The zero-order valence-electron chi connectivity index (χ0n) is 7.45. The molecule has 0 aliphatic carbocycles. The Hall–Kier alpha value is -0.800. The maximum absolute atomic E-state index is 5.28. The molecule has 1 rings (SSSR count). The largest absolute Gasteiger partial charge is 0.469 e. The minimum atomic E-state index is -0.139. The van der Waals surface area contributed by atoms with E-state index in [0.717, 1.165) is 12.2 Å². The highest BCUT2D eigenvalue weighted by atomic mass is 16.7. The maximum atomic E-state index is 5.28. The molecule has 0 fully saturated rings. The molecule has 0 aliphatic rings. The molecule has 3 heteroatoms. The predicted molar refractivity (Wildman–Crippen MR) is 44.8 cm³/mol. The molecule has 0 aliphatic heterocycles. The van der Waals surface area contributed by atoms with Crippen molar-refractivity contribution in [2.45, 2.75) is 19.6 Å². The summed E-state index contributed by atoms with van der Waals surface area (Å²) in [6.07, 6.45) is 2.32. The van der Waals surface area contributed by atoms with Crippen LogP contribution in [0.25, 0.3) is 0 Å². The second kappa shape index (κ2) is 4.95. The van der Waals surface area contributed by atoms with E-state index in [1.165, 1.54) is 0 Å². The number of hydrogen-bond acceptors (Lipinski definition) is 3. The lowest BCUT2D eigenvalue weighted by Crippen LogP contribution is -2.12. The second-order valence-electron chi connectivity index (χ2n) is 2.50. The summed E-state index contributed by atoms with van der Waals surface area (Å²) in [5, 5.41) is 0. The Kier molecular flexibility index (Phi) is 3.84. The van der Waals surface area contributed by atoms with Gasteiger partial charge in [0.1, 0.15) is 5.76 Å². The normalized spacial score (nSPS) is 13.2. The average molecular weight is 170 g/mol. The van der Waals surface area contributed by atoms with Crippen molar-refractivity contribution >= 4 is 0 Å². The van der Waals surface area contributed by atoms with Crippen molar-refractivity contribution in [3.05, 3.63) is 24.2 Å². The van der Waals surface area contributed by atoms with E-state index in [-0.39, 0.29) is 6.29 Å². The highest BCUT2D eigenvalue weighted by Crippen LogP contribution is 2.01. The highest BCUT2D eigenvalue weighted by molar-refractivity contribution is 4.97. The molecule has 1 aromatic rings. The van der Waals surface area contributed by atoms with Gasteiger partial charge in [-0.15, -0.1) is 0 Å². The summed E-state index contributed by atoms with van der Waals surface area (Å²) in [4.78, 5) is 0. The van der Waals surface area contributed by atoms with Gasteiger partial charge in [-0.3, -0.25) is 0 Å². The smallest absolute Gasteiger partial charge is 0.154 e. The summed E-state index contributed by atoms with van der Waals surface area (Å²) in [6.45, 7) is 2.49. The Morgan fingerprint density at radius 1 is 1.58 bits per heavy atom. The van der Waals surface area contributed by atoms with Crippen LogP contribution in [0, 0.1) is 0 Å². The number of ether oxygens (including phenoxy) is 2. The molecule has 0 radical (unpaired) electrons. The fourth-order valence-electron chi connectivity index (χ4n) is 0.848. The molecule has 0 saturated carbocycles. The van der Waals surface area contributed by atoms with Gasteiger partial charge in [0, 0.05) is 13.5 Å². The summed E-state index contributed by atoms with van der Waals surface area (Å²) in [5.41, 5.74) is 0. The lowest BCUT2D eigenvalue weighted by molar-refractivity contribution is -0.110. The van der Waals surface area contributed by atoms with Crippen molar-refractivity contribution < 1.29 is 13.9 Å². The summed E-state index contributed by atoms with van der Waals surface area (Å²) >= 11 is 0. The van der Waals surface area contributed by atoms with Gasteiger partial charge < -0.3 is 13.9 Å². The Balaban J connectivity index is 2.11. The third kappa shape index (κ3) is 3.07. The Morgan fingerprint density at radius 3 is 3.00 bits per heavy atom. The molecule has 68 valence electrons. The van der Waals surface area contributed by atoms with Crippen LogP contribution in [0.5, 0.6) is 0 Å². The van der Waals surface area contributed by atoms with Crippen LogP contribution in [0.15, 0.2) is 22.8 Å². The Labute approximate surface area is 72.3 Å². The van der Waals surface area contributed by atoms with E-state index in [2.05, 4.69) is 0 Å². The van der Waals surface area contributed by atoms with Gasteiger partial charge in [-0.2, -0.15) is 0 Å². The van der Waals surface area contributed by atoms with Crippen LogP contribution in [0.1, 0.15) is 12.7 Å². The van der Waals surface area contributed by atoms with Crippen LogP contribution < -0.4 is 0 Å². The van der Waals surface area contributed by atoms with E-state index >= 15 is 0 Å². The van der Waals surface area contributed by atoms with Gasteiger partial charge in [-0.1, -0.05) is 0 Å². The monoisotopic (exact) mass is 170 g/mol. The Bertz CT molecular complexity index is 194. The first-order valence-corrected chi connectivity index (χ1v) is 3.99. The Morgan fingerprint density at radius 2 is 2.42 bits per heavy atom. The zero-order chi connectivity index (χ0) is 8.81. The zero-order valence-corrected chi connectivity index (χ0v) is 7.45. The van der Waals surface area contributed by atoms with E-state index in [0.29, 0.717) is 6.61 Å². The topological polar surface area (TPSA) is 31.6 Å². The lowest BCUT2D eigenvalue weighted by atomic mass is 10.3. The van der Waals surface area contributed by atoms with E-state index < -0.39 is 0 Å². The molecular weight excluding hydrogens is 156 g/mol. The van der Waals surface area contributed by atoms with Crippen LogP contribution in [-0.2, 0) is 15.9 Å². The van der Waals surface area contributed by atoms with E-state index in [9.17, 15) is 0 Å². The van der Waals surface area contributed by atoms with Gasteiger partial charge in [0.2, 0.25) is 0 Å². The number of rotatable bonds is 5. The van der Waals surface area contributed by atoms with Gasteiger partial charge in [-0.25, -0.2) is 0 Å². The molecule has 0 aromatic carbocycles. The van der Waals surface area contributed by atoms with E-state index in [1.807, 2.05) is 19.1 Å². The molecule has 0 amide bonds.